The summed E-state index contributed by atoms with van der Waals surface area (Å²) < 4.78 is 1.01. The van der Waals surface area contributed by atoms with Crippen LogP contribution in [0.25, 0.3) is 0 Å². The molecule has 100 valence electrons. The standard InChI is InChI=1S/C16H19BrN2/c1-11-8-16(14(17)9-15(11)18)19-10-12(2)13-6-4-3-5-7-13/h3-9,12,19H,10,18H2,1-2H3. The molecule has 0 bridgehead atoms. The Hall–Kier alpha value is -1.48. The number of halogens is 1. The van der Waals surface area contributed by atoms with Crippen LogP contribution in [-0.2, 0) is 0 Å². The largest absolute Gasteiger partial charge is 0.398 e. The Morgan fingerprint density at radius 1 is 1.21 bits per heavy atom. The minimum absolute atomic E-state index is 0.464. The summed E-state index contributed by atoms with van der Waals surface area (Å²) in [6.07, 6.45) is 0. The van der Waals surface area contributed by atoms with Gasteiger partial charge in [0, 0.05) is 22.4 Å². The summed E-state index contributed by atoms with van der Waals surface area (Å²) in [5.74, 6) is 0.464. The molecule has 0 radical (unpaired) electrons. The van der Waals surface area contributed by atoms with E-state index in [1.54, 1.807) is 0 Å². The Bertz CT molecular complexity index is 552. The van der Waals surface area contributed by atoms with Gasteiger partial charge in [-0.25, -0.2) is 0 Å². The van der Waals surface area contributed by atoms with E-state index in [2.05, 4.69) is 58.5 Å². The van der Waals surface area contributed by atoms with Crippen molar-refractivity contribution in [3.63, 3.8) is 0 Å². The molecular formula is C16H19BrN2. The first kappa shape index (κ1) is 13.9. The van der Waals surface area contributed by atoms with Crippen molar-refractivity contribution in [2.45, 2.75) is 19.8 Å². The van der Waals surface area contributed by atoms with Crippen LogP contribution in [0.3, 0.4) is 0 Å². The molecule has 19 heavy (non-hydrogen) atoms. The van der Waals surface area contributed by atoms with Gasteiger partial charge < -0.3 is 11.1 Å². The van der Waals surface area contributed by atoms with Crippen molar-refractivity contribution < 1.29 is 0 Å². The Morgan fingerprint density at radius 3 is 2.58 bits per heavy atom. The number of nitrogen functional groups attached to an aromatic ring is 1. The van der Waals surface area contributed by atoms with Crippen LogP contribution >= 0.6 is 15.9 Å². The highest BCUT2D eigenvalue weighted by molar-refractivity contribution is 9.10. The molecule has 1 atom stereocenters. The summed E-state index contributed by atoms with van der Waals surface area (Å²) in [6, 6.07) is 14.6. The SMILES string of the molecule is Cc1cc(NCC(C)c2ccccc2)c(Br)cc1N. The molecule has 0 saturated carbocycles. The molecule has 0 saturated heterocycles. The lowest BCUT2D eigenvalue weighted by Gasteiger charge is -2.16. The quantitative estimate of drug-likeness (QED) is 0.811. The molecular weight excluding hydrogens is 300 g/mol. The molecule has 0 aliphatic carbocycles. The van der Waals surface area contributed by atoms with Crippen molar-refractivity contribution in [2.75, 3.05) is 17.6 Å². The highest BCUT2D eigenvalue weighted by Crippen LogP contribution is 2.28. The Kier molecular flexibility index (Phi) is 4.48. The highest BCUT2D eigenvalue weighted by Gasteiger charge is 2.07. The predicted octanol–water partition coefficient (Wildman–Crippen LogP) is 4.56. The number of aryl methyl sites for hydroxylation is 1. The fourth-order valence-corrected chi connectivity index (χ4v) is 2.50. The van der Waals surface area contributed by atoms with Gasteiger partial charge in [-0.05, 0) is 52.0 Å². The van der Waals surface area contributed by atoms with Crippen LogP contribution in [0.15, 0.2) is 46.9 Å². The number of benzene rings is 2. The molecule has 0 heterocycles. The van der Waals surface area contributed by atoms with Crippen LogP contribution in [0.4, 0.5) is 11.4 Å². The zero-order chi connectivity index (χ0) is 13.8. The first-order valence-corrected chi connectivity index (χ1v) is 7.21. The van der Waals surface area contributed by atoms with Gasteiger partial charge >= 0.3 is 0 Å². The fourth-order valence-electron chi connectivity index (χ4n) is 1.99. The molecule has 0 amide bonds. The lowest BCUT2D eigenvalue weighted by atomic mass is 10.0. The summed E-state index contributed by atoms with van der Waals surface area (Å²) in [7, 11) is 0. The van der Waals surface area contributed by atoms with E-state index in [0.29, 0.717) is 5.92 Å². The second-order valence-electron chi connectivity index (χ2n) is 4.88. The Balaban J connectivity index is 2.05. The van der Waals surface area contributed by atoms with Crippen molar-refractivity contribution in [1.29, 1.82) is 0 Å². The summed E-state index contributed by atoms with van der Waals surface area (Å²) in [5.41, 5.74) is 10.2. The molecule has 0 aromatic heterocycles. The van der Waals surface area contributed by atoms with Gasteiger partial charge in [0.25, 0.3) is 0 Å². The lowest BCUT2D eigenvalue weighted by Crippen LogP contribution is -2.10. The van der Waals surface area contributed by atoms with E-state index in [0.717, 1.165) is 28.0 Å². The zero-order valence-electron chi connectivity index (χ0n) is 11.3. The van der Waals surface area contributed by atoms with E-state index in [4.69, 9.17) is 5.73 Å². The Morgan fingerprint density at radius 2 is 1.89 bits per heavy atom. The first-order chi connectivity index (χ1) is 9.08. The van der Waals surface area contributed by atoms with E-state index in [1.807, 2.05) is 19.1 Å². The second kappa shape index (κ2) is 6.11. The van der Waals surface area contributed by atoms with Gasteiger partial charge in [-0.15, -0.1) is 0 Å². The van der Waals surface area contributed by atoms with E-state index < -0.39 is 0 Å². The maximum Gasteiger partial charge on any atom is 0.0489 e. The average molecular weight is 319 g/mol. The summed E-state index contributed by atoms with van der Waals surface area (Å²) in [5, 5.41) is 3.48. The summed E-state index contributed by atoms with van der Waals surface area (Å²) in [4.78, 5) is 0. The topological polar surface area (TPSA) is 38.0 Å². The van der Waals surface area contributed by atoms with Crippen molar-refractivity contribution in [3.8, 4) is 0 Å². The minimum atomic E-state index is 0.464. The van der Waals surface area contributed by atoms with Gasteiger partial charge in [0.2, 0.25) is 0 Å². The lowest BCUT2D eigenvalue weighted by molar-refractivity contribution is 0.804. The molecule has 1 unspecified atom stereocenters. The van der Waals surface area contributed by atoms with Crippen LogP contribution in [0.1, 0.15) is 24.0 Å². The number of nitrogens with one attached hydrogen (secondary N) is 1. The third-order valence-electron chi connectivity index (χ3n) is 3.32. The smallest absolute Gasteiger partial charge is 0.0489 e. The van der Waals surface area contributed by atoms with Gasteiger partial charge in [-0.2, -0.15) is 0 Å². The van der Waals surface area contributed by atoms with Gasteiger partial charge in [0.15, 0.2) is 0 Å². The molecule has 3 N–H and O–H groups in total. The number of anilines is 2. The predicted molar refractivity (Wildman–Crippen MR) is 86.6 cm³/mol. The summed E-state index contributed by atoms with van der Waals surface area (Å²) >= 11 is 3.55. The third kappa shape index (κ3) is 3.51. The zero-order valence-corrected chi connectivity index (χ0v) is 12.9. The maximum atomic E-state index is 5.88. The molecule has 0 fully saturated rings. The minimum Gasteiger partial charge on any atom is -0.398 e. The highest BCUT2D eigenvalue weighted by atomic mass is 79.9. The normalized spacial score (nSPS) is 12.2. The van der Waals surface area contributed by atoms with Gasteiger partial charge in [-0.1, -0.05) is 37.3 Å². The van der Waals surface area contributed by atoms with Crippen LogP contribution in [0.2, 0.25) is 0 Å². The molecule has 0 aliphatic rings. The van der Waals surface area contributed by atoms with Crippen LogP contribution in [-0.4, -0.2) is 6.54 Å². The van der Waals surface area contributed by atoms with Gasteiger partial charge in [0.05, 0.1) is 0 Å². The van der Waals surface area contributed by atoms with Crippen molar-refractivity contribution in [3.05, 3.63) is 58.1 Å². The molecule has 2 aromatic carbocycles. The fraction of sp³-hybridized carbons (Fsp3) is 0.250. The molecule has 2 aromatic rings. The van der Waals surface area contributed by atoms with E-state index in [-0.39, 0.29) is 0 Å². The first-order valence-electron chi connectivity index (χ1n) is 6.42. The molecule has 0 aliphatic heterocycles. The van der Waals surface area contributed by atoms with E-state index >= 15 is 0 Å². The Labute approximate surface area is 123 Å². The molecule has 2 rings (SSSR count). The van der Waals surface area contributed by atoms with Gasteiger partial charge in [-0.3, -0.25) is 0 Å². The van der Waals surface area contributed by atoms with Crippen LogP contribution in [0.5, 0.6) is 0 Å². The van der Waals surface area contributed by atoms with Crippen LogP contribution < -0.4 is 11.1 Å². The van der Waals surface area contributed by atoms with Crippen molar-refractivity contribution in [2.24, 2.45) is 0 Å². The number of nitrogens with two attached hydrogens (primary N) is 1. The monoisotopic (exact) mass is 318 g/mol. The average Bonchev–Trinajstić information content (AvgIpc) is 2.42. The van der Waals surface area contributed by atoms with Crippen LogP contribution in [0, 0.1) is 6.92 Å². The third-order valence-corrected chi connectivity index (χ3v) is 3.98. The molecule has 3 heteroatoms. The number of hydrogen-bond acceptors (Lipinski definition) is 2. The van der Waals surface area contributed by atoms with Crippen molar-refractivity contribution >= 4 is 27.3 Å². The van der Waals surface area contributed by atoms with Crippen molar-refractivity contribution in [1.82, 2.24) is 0 Å². The second-order valence-corrected chi connectivity index (χ2v) is 5.74. The number of hydrogen-bond donors (Lipinski definition) is 2. The van der Waals surface area contributed by atoms with E-state index in [1.165, 1.54) is 5.56 Å². The maximum absolute atomic E-state index is 5.88. The summed E-state index contributed by atoms with van der Waals surface area (Å²) in [6.45, 7) is 5.14. The molecule has 0 spiro atoms. The molecule has 2 nitrogen and oxygen atoms in total. The van der Waals surface area contributed by atoms with E-state index in [9.17, 15) is 0 Å². The number of rotatable bonds is 4. The van der Waals surface area contributed by atoms with Gasteiger partial charge in [0.1, 0.15) is 0 Å².